The molecular formula is C12H19N5O3. The summed E-state index contributed by atoms with van der Waals surface area (Å²) >= 11 is 0. The second kappa shape index (κ2) is 6.12. The van der Waals surface area contributed by atoms with E-state index in [1.54, 1.807) is 13.1 Å². The molecule has 110 valence electrons. The molecule has 0 aliphatic carbocycles. The van der Waals surface area contributed by atoms with E-state index in [1.165, 1.54) is 6.33 Å². The van der Waals surface area contributed by atoms with Gasteiger partial charge in [0.05, 0.1) is 6.10 Å². The third kappa shape index (κ3) is 2.72. The largest absolute Gasteiger partial charge is 0.388 e. The summed E-state index contributed by atoms with van der Waals surface area (Å²) < 4.78 is 5.55. The van der Waals surface area contributed by atoms with E-state index in [0.717, 1.165) is 0 Å². The lowest BCUT2D eigenvalue weighted by Crippen LogP contribution is -2.36. The van der Waals surface area contributed by atoms with E-state index in [-0.39, 0.29) is 5.82 Å². The molecule has 1 aliphatic rings. The van der Waals surface area contributed by atoms with Crippen LogP contribution in [-0.2, 0) is 4.74 Å². The fourth-order valence-electron chi connectivity index (χ4n) is 2.09. The molecule has 1 aliphatic heterocycles. The maximum Gasteiger partial charge on any atom is 0.159 e. The Bertz CT molecular complexity index is 496. The Morgan fingerprint density at radius 3 is 2.80 bits per heavy atom. The zero-order valence-corrected chi connectivity index (χ0v) is 11.4. The maximum absolute atomic E-state index is 9.96. The van der Waals surface area contributed by atoms with Crippen molar-refractivity contribution in [1.82, 2.24) is 9.97 Å². The number of aliphatic hydroxyl groups is 2. The third-order valence-corrected chi connectivity index (χ3v) is 3.15. The van der Waals surface area contributed by atoms with Gasteiger partial charge in [-0.1, -0.05) is 6.92 Å². The van der Waals surface area contributed by atoms with Crippen LogP contribution in [0.1, 0.15) is 20.3 Å². The Morgan fingerprint density at radius 1 is 1.45 bits per heavy atom. The number of nitrogens with one attached hydrogen (secondary N) is 1. The van der Waals surface area contributed by atoms with E-state index >= 15 is 0 Å². The van der Waals surface area contributed by atoms with Crippen LogP contribution in [0, 0.1) is 0 Å². The molecule has 1 aromatic rings. The molecule has 0 amide bonds. The predicted molar refractivity (Wildman–Crippen MR) is 74.9 cm³/mol. The highest BCUT2D eigenvalue weighted by Gasteiger charge is 2.42. The summed E-state index contributed by atoms with van der Waals surface area (Å²) in [6.07, 6.45) is 0.291. The number of nitrogen functional groups attached to an aromatic ring is 1. The number of nitrogens with zero attached hydrogens (tertiary/aromatic N) is 3. The number of ether oxygens (including phenoxy) is 1. The van der Waals surface area contributed by atoms with Gasteiger partial charge in [-0.25, -0.2) is 9.97 Å². The Hall–Kier alpha value is -1.77. The topological polar surface area (TPSA) is 126 Å². The van der Waals surface area contributed by atoms with Gasteiger partial charge in [-0.2, -0.15) is 0 Å². The van der Waals surface area contributed by atoms with Gasteiger partial charge in [0.25, 0.3) is 0 Å². The van der Waals surface area contributed by atoms with Crippen molar-refractivity contribution in [2.24, 2.45) is 4.99 Å². The van der Waals surface area contributed by atoms with Crippen LogP contribution in [0.3, 0.4) is 0 Å². The number of nitrogens with two attached hydrogens (primary N) is 1. The summed E-state index contributed by atoms with van der Waals surface area (Å²) in [5.41, 5.74) is 6.11. The van der Waals surface area contributed by atoms with E-state index in [1.807, 2.05) is 6.92 Å². The number of aliphatic imine (C=N–C) groups is 1. The van der Waals surface area contributed by atoms with Crippen LogP contribution in [0.4, 0.5) is 17.3 Å². The Kier molecular flexibility index (Phi) is 4.48. The molecule has 1 aromatic heterocycles. The van der Waals surface area contributed by atoms with Crippen molar-refractivity contribution in [1.29, 1.82) is 0 Å². The van der Waals surface area contributed by atoms with E-state index in [0.29, 0.717) is 17.9 Å². The van der Waals surface area contributed by atoms with Crippen LogP contribution in [-0.4, -0.2) is 50.9 Å². The predicted octanol–water partition coefficient (Wildman–Crippen LogP) is 0.0496. The zero-order chi connectivity index (χ0) is 14.7. The Morgan fingerprint density at radius 2 is 2.20 bits per heavy atom. The van der Waals surface area contributed by atoms with E-state index in [2.05, 4.69) is 20.3 Å². The molecular weight excluding hydrogens is 262 g/mol. The van der Waals surface area contributed by atoms with Gasteiger partial charge in [-0.05, 0) is 13.3 Å². The number of aliphatic hydroxyl groups excluding tert-OH is 2. The van der Waals surface area contributed by atoms with Crippen molar-refractivity contribution in [3.05, 3.63) is 6.33 Å². The maximum atomic E-state index is 9.96. The lowest BCUT2D eigenvalue weighted by atomic mass is 10.1. The molecule has 8 heteroatoms. The van der Waals surface area contributed by atoms with Gasteiger partial charge in [0.15, 0.2) is 17.9 Å². The average Bonchev–Trinajstić information content (AvgIpc) is 2.70. The standard InChI is InChI=1S/C12H19N5O3/c1-3-6-8(18)9(19)12(20-6)17-11-7(14-4-2)10(13)15-5-16-11/h4-6,8-9,12,18-19H,3H2,1-2H3,(H3,13,15,16,17)/t6-,8-,9-,12-/m1/s1. The summed E-state index contributed by atoms with van der Waals surface area (Å²) in [6, 6.07) is 0. The highest BCUT2D eigenvalue weighted by Crippen LogP contribution is 2.30. The third-order valence-electron chi connectivity index (χ3n) is 3.15. The first-order valence-corrected chi connectivity index (χ1v) is 6.45. The quantitative estimate of drug-likeness (QED) is 0.574. The summed E-state index contributed by atoms with van der Waals surface area (Å²) in [5.74, 6) is 0.573. The molecule has 0 saturated carbocycles. The second-order valence-electron chi connectivity index (χ2n) is 4.47. The first-order valence-electron chi connectivity index (χ1n) is 6.45. The van der Waals surface area contributed by atoms with Gasteiger partial charge in [-0.3, -0.25) is 4.99 Å². The molecule has 20 heavy (non-hydrogen) atoms. The number of hydrogen-bond acceptors (Lipinski definition) is 8. The van der Waals surface area contributed by atoms with Crippen LogP contribution in [0.25, 0.3) is 0 Å². The van der Waals surface area contributed by atoms with E-state index in [4.69, 9.17) is 10.5 Å². The Balaban J connectivity index is 2.21. The van der Waals surface area contributed by atoms with Crippen molar-refractivity contribution in [2.75, 3.05) is 11.1 Å². The molecule has 0 spiro atoms. The van der Waals surface area contributed by atoms with Gasteiger partial charge in [0.2, 0.25) is 0 Å². The number of hydrogen-bond donors (Lipinski definition) is 4. The lowest BCUT2D eigenvalue weighted by molar-refractivity contribution is 0.0167. The second-order valence-corrected chi connectivity index (χ2v) is 4.47. The van der Waals surface area contributed by atoms with Gasteiger partial charge in [0.1, 0.15) is 24.2 Å². The summed E-state index contributed by atoms with van der Waals surface area (Å²) in [6.45, 7) is 3.62. The van der Waals surface area contributed by atoms with Crippen molar-refractivity contribution >= 4 is 23.5 Å². The Labute approximate surface area is 116 Å². The van der Waals surface area contributed by atoms with Gasteiger partial charge in [0, 0.05) is 6.21 Å². The molecule has 0 radical (unpaired) electrons. The molecule has 2 heterocycles. The van der Waals surface area contributed by atoms with Gasteiger partial charge < -0.3 is 26.0 Å². The molecule has 5 N–H and O–H groups in total. The van der Waals surface area contributed by atoms with Crippen molar-refractivity contribution in [2.45, 2.75) is 44.8 Å². The number of anilines is 2. The molecule has 1 fully saturated rings. The zero-order valence-electron chi connectivity index (χ0n) is 11.4. The minimum atomic E-state index is -1.05. The van der Waals surface area contributed by atoms with Crippen LogP contribution in [0.15, 0.2) is 11.3 Å². The van der Waals surface area contributed by atoms with Crippen LogP contribution >= 0.6 is 0 Å². The minimum absolute atomic E-state index is 0.223. The van der Waals surface area contributed by atoms with Crippen LogP contribution in [0.5, 0.6) is 0 Å². The molecule has 0 aromatic carbocycles. The molecule has 4 atom stereocenters. The molecule has 1 saturated heterocycles. The molecule has 8 nitrogen and oxygen atoms in total. The lowest BCUT2D eigenvalue weighted by Gasteiger charge is -2.18. The number of rotatable bonds is 4. The van der Waals surface area contributed by atoms with Gasteiger partial charge >= 0.3 is 0 Å². The summed E-state index contributed by atoms with van der Waals surface area (Å²) in [4.78, 5) is 12.0. The van der Waals surface area contributed by atoms with E-state index < -0.39 is 24.5 Å². The average molecular weight is 281 g/mol. The SMILES string of the molecule is CC=Nc1c(N)ncnc1N[C@@H]1O[C@H](CC)[C@@H](O)[C@H]1O. The molecule has 0 bridgehead atoms. The van der Waals surface area contributed by atoms with Crippen LogP contribution in [0.2, 0.25) is 0 Å². The molecule has 0 unspecified atom stereocenters. The highest BCUT2D eigenvalue weighted by atomic mass is 16.6. The monoisotopic (exact) mass is 281 g/mol. The normalized spacial score (nSPS) is 30.0. The van der Waals surface area contributed by atoms with Gasteiger partial charge in [-0.15, -0.1) is 0 Å². The van der Waals surface area contributed by atoms with Crippen molar-refractivity contribution in [3.8, 4) is 0 Å². The molecule has 2 rings (SSSR count). The summed E-state index contributed by atoms with van der Waals surface area (Å²) in [7, 11) is 0. The first-order chi connectivity index (χ1) is 9.58. The minimum Gasteiger partial charge on any atom is -0.388 e. The van der Waals surface area contributed by atoms with Crippen LogP contribution < -0.4 is 11.1 Å². The highest BCUT2D eigenvalue weighted by molar-refractivity contribution is 5.76. The van der Waals surface area contributed by atoms with Crippen molar-refractivity contribution in [3.63, 3.8) is 0 Å². The first kappa shape index (κ1) is 14.6. The fraction of sp³-hybridized carbons (Fsp3) is 0.583. The summed E-state index contributed by atoms with van der Waals surface area (Å²) in [5, 5.41) is 22.7. The fourth-order valence-corrected chi connectivity index (χ4v) is 2.09. The smallest absolute Gasteiger partial charge is 0.159 e. The number of aromatic nitrogens is 2. The van der Waals surface area contributed by atoms with E-state index in [9.17, 15) is 10.2 Å². The van der Waals surface area contributed by atoms with Crippen molar-refractivity contribution < 1.29 is 14.9 Å².